The molecule has 0 N–H and O–H groups in total. The van der Waals surface area contributed by atoms with Crippen LogP contribution in [-0.2, 0) is 0 Å². The number of aryl methyl sites for hydroxylation is 2. The lowest BCUT2D eigenvalue weighted by atomic mass is 10.1. The number of aromatic nitrogens is 2. The fourth-order valence-electron chi connectivity index (χ4n) is 2.00. The summed E-state index contributed by atoms with van der Waals surface area (Å²) >= 11 is 1.63. The molecule has 1 aromatic carbocycles. The van der Waals surface area contributed by atoms with Crippen LogP contribution in [0.1, 0.15) is 11.4 Å². The second-order valence-corrected chi connectivity index (χ2v) is 5.52. The standard InChI is InChI=1S/C16H13FN2S/c1-10-11(2)19-16(14-4-3-9-20-14)15(18-10)12-5-7-13(17)8-6-12/h3-9H,1-2H3. The van der Waals surface area contributed by atoms with Gasteiger partial charge in [0.05, 0.1) is 22.0 Å². The average Bonchev–Trinajstić information content (AvgIpc) is 2.96. The van der Waals surface area contributed by atoms with E-state index in [1.54, 1.807) is 23.5 Å². The molecule has 0 spiro atoms. The van der Waals surface area contributed by atoms with Gasteiger partial charge in [-0.3, -0.25) is 0 Å². The van der Waals surface area contributed by atoms with Gasteiger partial charge in [-0.15, -0.1) is 11.3 Å². The van der Waals surface area contributed by atoms with Crippen LogP contribution in [0.4, 0.5) is 4.39 Å². The Morgan fingerprint density at radius 1 is 0.900 bits per heavy atom. The van der Waals surface area contributed by atoms with Crippen LogP contribution in [0.25, 0.3) is 21.8 Å². The van der Waals surface area contributed by atoms with Crippen molar-refractivity contribution in [3.05, 3.63) is 59.0 Å². The Labute approximate surface area is 121 Å². The highest BCUT2D eigenvalue weighted by Gasteiger charge is 2.14. The summed E-state index contributed by atoms with van der Waals surface area (Å²) in [5, 5.41) is 2.01. The number of nitrogens with zero attached hydrogens (tertiary/aromatic N) is 2. The Kier molecular flexibility index (Phi) is 3.32. The molecule has 0 saturated carbocycles. The first-order valence-electron chi connectivity index (χ1n) is 6.30. The molecule has 100 valence electrons. The summed E-state index contributed by atoms with van der Waals surface area (Å²) in [6.07, 6.45) is 0. The maximum atomic E-state index is 13.1. The van der Waals surface area contributed by atoms with E-state index in [4.69, 9.17) is 0 Å². The van der Waals surface area contributed by atoms with E-state index in [0.717, 1.165) is 33.2 Å². The number of halogens is 1. The van der Waals surface area contributed by atoms with E-state index in [1.807, 2.05) is 31.4 Å². The van der Waals surface area contributed by atoms with Gasteiger partial charge in [0.25, 0.3) is 0 Å². The molecule has 0 fully saturated rings. The maximum absolute atomic E-state index is 13.1. The first-order valence-corrected chi connectivity index (χ1v) is 7.18. The van der Waals surface area contributed by atoms with E-state index in [9.17, 15) is 4.39 Å². The highest BCUT2D eigenvalue weighted by molar-refractivity contribution is 7.13. The molecule has 3 rings (SSSR count). The zero-order valence-corrected chi connectivity index (χ0v) is 12.0. The quantitative estimate of drug-likeness (QED) is 0.685. The van der Waals surface area contributed by atoms with Crippen molar-refractivity contribution in [1.29, 1.82) is 0 Å². The zero-order chi connectivity index (χ0) is 14.1. The van der Waals surface area contributed by atoms with Gasteiger partial charge >= 0.3 is 0 Å². The summed E-state index contributed by atoms with van der Waals surface area (Å²) in [6, 6.07) is 10.4. The summed E-state index contributed by atoms with van der Waals surface area (Å²) in [4.78, 5) is 10.4. The smallest absolute Gasteiger partial charge is 0.123 e. The van der Waals surface area contributed by atoms with Crippen LogP contribution in [0, 0.1) is 19.7 Å². The number of benzene rings is 1. The molecule has 0 aliphatic rings. The predicted octanol–water partition coefficient (Wildman–Crippen LogP) is 4.63. The van der Waals surface area contributed by atoms with Crippen LogP contribution in [0.3, 0.4) is 0 Å². The minimum Gasteiger partial charge on any atom is -0.249 e. The molecular formula is C16H13FN2S. The third-order valence-electron chi connectivity index (χ3n) is 3.18. The summed E-state index contributed by atoms with van der Waals surface area (Å²) < 4.78 is 13.1. The molecular weight excluding hydrogens is 271 g/mol. The van der Waals surface area contributed by atoms with Crippen LogP contribution in [-0.4, -0.2) is 9.97 Å². The highest BCUT2D eigenvalue weighted by Crippen LogP contribution is 2.32. The Morgan fingerprint density at radius 2 is 1.55 bits per heavy atom. The van der Waals surface area contributed by atoms with E-state index >= 15 is 0 Å². The Hall–Kier alpha value is -2.07. The Balaban J connectivity index is 2.23. The molecule has 4 heteroatoms. The molecule has 2 heterocycles. The molecule has 20 heavy (non-hydrogen) atoms. The second-order valence-electron chi connectivity index (χ2n) is 4.58. The molecule has 0 amide bonds. The lowest BCUT2D eigenvalue weighted by molar-refractivity contribution is 0.628. The van der Waals surface area contributed by atoms with E-state index < -0.39 is 0 Å². The van der Waals surface area contributed by atoms with E-state index in [1.165, 1.54) is 12.1 Å². The highest BCUT2D eigenvalue weighted by atomic mass is 32.1. The Bertz CT molecular complexity index is 734. The van der Waals surface area contributed by atoms with Crippen molar-refractivity contribution < 1.29 is 4.39 Å². The van der Waals surface area contributed by atoms with Crippen molar-refractivity contribution in [3.63, 3.8) is 0 Å². The van der Waals surface area contributed by atoms with Gasteiger partial charge in [-0.05, 0) is 49.6 Å². The molecule has 0 unspecified atom stereocenters. The first-order chi connectivity index (χ1) is 9.65. The van der Waals surface area contributed by atoms with Crippen LogP contribution >= 0.6 is 11.3 Å². The maximum Gasteiger partial charge on any atom is 0.123 e. The third-order valence-corrected chi connectivity index (χ3v) is 4.06. The molecule has 0 atom stereocenters. The summed E-state index contributed by atoms with van der Waals surface area (Å²) in [7, 11) is 0. The summed E-state index contributed by atoms with van der Waals surface area (Å²) in [5.41, 5.74) is 4.35. The van der Waals surface area contributed by atoms with Gasteiger partial charge in [0.1, 0.15) is 11.5 Å². The summed E-state index contributed by atoms with van der Waals surface area (Å²) in [5.74, 6) is -0.247. The van der Waals surface area contributed by atoms with Crippen LogP contribution < -0.4 is 0 Å². The van der Waals surface area contributed by atoms with Gasteiger partial charge in [0.15, 0.2) is 0 Å². The fourth-order valence-corrected chi connectivity index (χ4v) is 2.71. The van der Waals surface area contributed by atoms with E-state index in [-0.39, 0.29) is 5.82 Å². The monoisotopic (exact) mass is 284 g/mol. The van der Waals surface area contributed by atoms with Crippen LogP contribution in [0.15, 0.2) is 41.8 Å². The average molecular weight is 284 g/mol. The SMILES string of the molecule is Cc1nc(-c2ccc(F)cc2)c(-c2cccs2)nc1C. The van der Waals surface area contributed by atoms with Gasteiger partial charge in [-0.1, -0.05) is 6.07 Å². The van der Waals surface area contributed by atoms with Gasteiger partial charge < -0.3 is 0 Å². The molecule has 0 bridgehead atoms. The lowest BCUT2D eigenvalue weighted by Crippen LogP contribution is -1.98. The van der Waals surface area contributed by atoms with Crippen molar-refractivity contribution in [2.75, 3.05) is 0 Å². The predicted molar refractivity (Wildman–Crippen MR) is 80.2 cm³/mol. The number of hydrogen-bond acceptors (Lipinski definition) is 3. The lowest BCUT2D eigenvalue weighted by Gasteiger charge is -2.10. The van der Waals surface area contributed by atoms with Crippen LogP contribution in [0.5, 0.6) is 0 Å². The van der Waals surface area contributed by atoms with E-state index in [0.29, 0.717) is 0 Å². The molecule has 0 saturated heterocycles. The van der Waals surface area contributed by atoms with Gasteiger partial charge in [-0.25, -0.2) is 14.4 Å². The van der Waals surface area contributed by atoms with Crippen molar-refractivity contribution in [1.82, 2.24) is 9.97 Å². The van der Waals surface area contributed by atoms with Crippen molar-refractivity contribution >= 4 is 11.3 Å². The normalized spacial score (nSPS) is 10.8. The minimum atomic E-state index is -0.247. The van der Waals surface area contributed by atoms with Gasteiger partial charge in [0.2, 0.25) is 0 Å². The Morgan fingerprint density at radius 3 is 2.15 bits per heavy atom. The molecule has 0 aliphatic heterocycles. The largest absolute Gasteiger partial charge is 0.249 e. The van der Waals surface area contributed by atoms with Gasteiger partial charge in [-0.2, -0.15) is 0 Å². The van der Waals surface area contributed by atoms with Crippen molar-refractivity contribution in [2.24, 2.45) is 0 Å². The molecule has 0 aliphatic carbocycles. The number of rotatable bonds is 2. The van der Waals surface area contributed by atoms with Gasteiger partial charge in [0, 0.05) is 5.56 Å². The molecule has 0 radical (unpaired) electrons. The first kappa shape index (κ1) is 12.9. The summed E-state index contributed by atoms with van der Waals surface area (Å²) in [6.45, 7) is 3.89. The fraction of sp³-hybridized carbons (Fsp3) is 0.125. The minimum absolute atomic E-state index is 0.247. The van der Waals surface area contributed by atoms with Crippen molar-refractivity contribution in [2.45, 2.75) is 13.8 Å². The number of thiophene rings is 1. The molecule has 2 nitrogen and oxygen atoms in total. The topological polar surface area (TPSA) is 25.8 Å². The molecule has 3 aromatic rings. The van der Waals surface area contributed by atoms with Crippen LogP contribution in [0.2, 0.25) is 0 Å². The molecule has 2 aromatic heterocycles. The second kappa shape index (κ2) is 5.13. The zero-order valence-electron chi connectivity index (χ0n) is 11.2. The third kappa shape index (κ3) is 2.34. The van der Waals surface area contributed by atoms with Crippen molar-refractivity contribution in [3.8, 4) is 21.8 Å². The number of hydrogen-bond donors (Lipinski definition) is 0. The van der Waals surface area contributed by atoms with E-state index in [2.05, 4.69) is 9.97 Å².